The zero-order valence-electron chi connectivity index (χ0n) is 13.0. The minimum absolute atomic E-state index is 0.102. The van der Waals surface area contributed by atoms with Gasteiger partial charge in [0, 0.05) is 17.2 Å². The number of imide groups is 1. The van der Waals surface area contributed by atoms with Gasteiger partial charge in [0.1, 0.15) is 11.6 Å². The second-order valence-electron chi connectivity index (χ2n) is 6.01. The summed E-state index contributed by atoms with van der Waals surface area (Å²) in [6.45, 7) is 3.62. The van der Waals surface area contributed by atoms with Crippen LogP contribution in [-0.2, 0) is 9.59 Å². The summed E-state index contributed by atoms with van der Waals surface area (Å²) in [5.74, 6) is -1.32. The van der Waals surface area contributed by atoms with E-state index in [1.807, 2.05) is 13.8 Å². The quantitative estimate of drug-likeness (QED) is 0.783. The lowest BCUT2D eigenvalue weighted by atomic mass is 9.93. The van der Waals surface area contributed by atoms with E-state index in [1.54, 1.807) is 0 Å². The third kappa shape index (κ3) is 2.74. The molecular formula is C17H17ClFNO3. The largest absolute Gasteiger partial charge is 0.489 e. The molecule has 23 heavy (non-hydrogen) atoms. The zero-order valence-corrected chi connectivity index (χ0v) is 13.7. The highest BCUT2D eigenvalue weighted by molar-refractivity contribution is 6.34. The van der Waals surface area contributed by atoms with E-state index in [-0.39, 0.29) is 22.6 Å². The summed E-state index contributed by atoms with van der Waals surface area (Å²) in [6.07, 6.45) is 2.72. The van der Waals surface area contributed by atoms with E-state index in [4.69, 9.17) is 16.3 Å². The van der Waals surface area contributed by atoms with Gasteiger partial charge < -0.3 is 4.74 Å². The number of amides is 2. The molecule has 0 bridgehead atoms. The van der Waals surface area contributed by atoms with Crippen LogP contribution in [0.15, 0.2) is 23.3 Å². The van der Waals surface area contributed by atoms with Gasteiger partial charge in [-0.25, -0.2) is 9.29 Å². The molecule has 1 aliphatic heterocycles. The first-order valence-corrected chi connectivity index (χ1v) is 8.04. The van der Waals surface area contributed by atoms with E-state index in [1.165, 1.54) is 6.07 Å². The van der Waals surface area contributed by atoms with E-state index in [0.29, 0.717) is 24.0 Å². The number of hydrogen-bond donors (Lipinski definition) is 0. The molecule has 1 aromatic carbocycles. The number of carbonyl (C=O) groups excluding carboxylic acids is 2. The molecule has 0 N–H and O–H groups in total. The summed E-state index contributed by atoms with van der Waals surface area (Å²) in [4.78, 5) is 26.0. The molecule has 1 aromatic rings. The first kappa shape index (κ1) is 16.0. The Morgan fingerprint density at radius 3 is 2.22 bits per heavy atom. The molecule has 2 amide bonds. The molecule has 0 fully saturated rings. The van der Waals surface area contributed by atoms with Crippen LogP contribution in [0.25, 0.3) is 0 Å². The van der Waals surface area contributed by atoms with E-state index >= 15 is 0 Å². The number of benzene rings is 1. The summed E-state index contributed by atoms with van der Waals surface area (Å²) >= 11 is 5.98. The van der Waals surface area contributed by atoms with Crippen molar-refractivity contribution in [3.63, 3.8) is 0 Å². The third-order valence-electron chi connectivity index (χ3n) is 4.00. The number of halogens is 2. The molecule has 1 heterocycles. The summed E-state index contributed by atoms with van der Waals surface area (Å²) in [6, 6.07) is 2.40. The molecule has 6 heteroatoms. The average Bonchev–Trinajstić information content (AvgIpc) is 2.74. The van der Waals surface area contributed by atoms with Gasteiger partial charge in [-0.1, -0.05) is 11.6 Å². The Morgan fingerprint density at radius 1 is 1.13 bits per heavy atom. The van der Waals surface area contributed by atoms with Gasteiger partial charge in [0.2, 0.25) is 0 Å². The van der Waals surface area contributed by atoms with Crippen molar-refractivity contribution in [2.75, 3.05) is 4.90 Å². The van der Waals surface area contributed by atoms with Crippen LogP contribution >= 0.6 is 11.6 Å². The van der Waals surface area contributed by atoms with E-state index in [0.717, 1.165) is 23.8 Å². The standard InChI is InChI=1S/C17H17ClFNO3/c1-9(2)23-15-8-14(13(19)7-12(15)18)20-16(21)10-5-3-4-6-11(10)17(20)22/h7-9H,3-6H2,1-2H3. The molecule has 0 spiro atoms. The third-order valence-corrected chi connectivity index (χ3v) is 4.29. The predicted molar refractivity (Wildman–Crippen MR) is 85.2 cm³/mol. The second kappa shape index (κ2) is 5.96. The molecule has 1 aliphatic carbocycles. The molecule has 0 unspecified atom stereocenters. The SMILES string of the molecule is CC(C)Oc1cc(N2C(=O)C3=C(CCCC3)C2=O)c(F)cc1Cl. The lowest BCUT2D eigenvalue weighted by molar-refractivity contribution is -0.120. The Hall–Kier alpha value is -1.88. The predicted octanol–water partition coefficient (Wildman–Crippen LogP) is 4.01. The Balaban J connectivity index is 2.02. The molecule has 122 valence electrons. The van der Waals surface area contributed by atoms with Gasteiger partial charge in [-0.15, -0.1) is 0 Å². The Bertz CT molecular complexity index is 699. The minimum Gasteiger partial charge on any atom is -0.489 e. The Kier molecular flexibility index (Phi) is 4.15. The number of carbonyl (C=O) groups is 2. The van der Waals surface area contributed by atoms with E-state index < -0.39 is 17.6 Å². The summed E-state index contributed by atoms with van der Waals surface area (Å²) < 4.78 is 19.9. The van der Waals surface area contributed by atoms with Gasteiger partial charge >= 0.3 is 0 Å². The molecule has 2 aliphatic rings. The summed E-state index contributed by atoms with van der Waals surface area (Å²) in [7, 11) is 0. The van der Waals surface area contributed by atoms with Gasteiger partial charge in [0.15, 0.2) is 0 Å². The van der Waals surface area contributed by atoms with E-state index in [2.05, 4.69) is 0 Å². The van der Waals surface area contributed by atoms with Crippen LogP contribution in [0.2, 0.25) is 5.02 Å². The molecule has 4 nitrogen and oxygen atoms in total. The molecule has 0 atom stereocenters. The van der Waals surface area contributed by atoms with Crippen molar-refractivity contribution in [2.45, 2.75) is 45.6 Å². The number of rotatable bonds is 3. The maximum Gasteiger partial charge on any atom is 0.261 e. The monoisotopic (exact) mass is 337 g/mol. The highest BCUT2D eigenvalue weighted by Gasteiger charge is 2.41. The molecule has 0 aromatic heterocycles. The van der Waals surface area contributed by atoms with Crippen molar-refractivity contribution in [3.05, 3.63) is 34.1 Å². The van der Waals surface area contributed by atoms with Crippen LogP contribution < -0.4 is 9.64 Å². The van der Waals surface area contributed by atoms with Crippen LogP contribution in [0.4, 0.5) is 10.1 Å². The summed E-state index contributed by atoms with van der Waals surface area (Å²) in [5, 5.41) is 0.108. The lowest BCUT2D eigenvalue weighted by Gasteiger charge is -2.19. The highest BCUT2D eigenvalue weighted by atomic mass is 35.5. The smallest absolute Gasteiger partial charge is 0.261 e. The Morgan fingerprint density at radius 2 is 1.70 bits per heavy atom. The number of hydrogen-bond acceptors (Lipinski definition) is 3. The number of nitrogens with zero attached hydrogens (tertiary/aromatic N) is 1. The van der Waals surface area contributed by atoms with Gasteiger partial charge in [-0.05, 0) is 45.6 Å². The summed E-state index contributed by atoms with van der Waals surface area (Å²) in [5.41, 5.74) is 0.929. The van der Waals surface area contributed by atoms with Crippen molar-refractivity contribution in [1.82, 2.24) is 0 Å². The maximum absolute atomic E-state index is 14.3. The minimum atomic E-state index is -0.715. The van der Waals surface area contributed by atoms with Gasteiger partial charge in [-0.2, -0.15) is 0 Å². The fourth-order valence-corrected chi connectivity index (χ4v) is 3.19. The number of anilines is 1. The van der Waals surface area contributed by atoms with Crippen molar-refractivity contribution in [3.8, 4) is 5.75 Å². The molecular weight excluding hydrogens is 321 g/mol. The van der Waals surface area contributed by atoms with Crippen LogP contribution in [0.3, 0.4) is 0 Å². The molecule has 0 saturated heterocycles. The van der Waals surface area contributed by atoms with Crippen LogP contribution in [0, 0.1) is 5.82 Å². The molecule has 0 radical (unpaired) electrons. The molecule has 0 saturated carbocycles. The average molecular weight is 338 g/mol. The van der Waals surface area contributed by atoms with Crippen molar-refractivity contribution >= 4 is 29.1 Å². The fourth-order valence-electron chi connectivity index (χ4n) is 2.99. The van der Waals surface area contributed by atoms with Gasteiger partial charge in [-0.3, -0.25) is 9.59 Å². The normalized spacial score (nSPS) is 18.0. The van der Waals surface area contributed by atoms with Gasteiger partial charge in [0.05, 0.1) is 16.8 Å². The Labute approximate surface area is 138 Å². The van der Waals surface area contributed by atoms with Gasteiger partial charge in [0.25, 0.3) is 11.8 Å². The van der Waals surface area contributed by atoms with Crippen molar-refractivity contribution < 1.29 is 18.7 Å². The topological polar surface area (TPSA) is 46.6 Å². The first-order chi connectivity index (χ1) is 10.9. The van der Waals surface area contributed by atoms with Crippen LogP contribution in [0.1, 0.15) is 39.5 Å². The second-order valence-corrected chi connectivity index (χ2v) is 6.42. The van der Waals surface area contributed by atoms with E-state index in [9.17, 15) is 14.0 Å². The van der Waals surface area contributed by atoms with Crippen molar-refractivity contribution in [1.29, 1.82) is 0 Å². The number of ether oxygens (including phenoxy) is 1. The van der Waals surface area contributed by atoms with Crippen LogP contribution in [0.5, 0.6) is 5.75 Å². The zero-order chi connectivity index (χ0) is 16.7. The highest BCUT2D eigenvalue weighted by Crippen LogP contribution is 2.39. The van der Waals surface area contributed by atoms with Crippen LogP contribution in [-0.4, -0.2) is 17.9 Å². The lowest BCUT2D eigenvalue weighted by Crippen LogP contribution is -2.32. The molecule has 3 rings (SSSR count). The first-order valence-electron chi connectivity index (χ1n) is 7.66. The maximum atomic E-state index is 14.3. The fraction of sp³-hybridized carbons (Fsp3) is 0.412. The van der Waals surface area contributed by atoms with Crippen molar-refractivity contribution in [2.24, 2.45) is 0 Å².